The van der Waals surface area contributed by atoms with E-state index in [1.54, 1.807) is 0 Å². The van der Waals surface area contributed by atoms with Crippen LogP contribution in [0.5, 0.6) is 0 Å². The van der Waals surface area contributed by atoms with Crippen molar-refractivity contribution in [2.24, 2.45) is 5.92 Å². The Morgan fingerprint density at radius 1 is 1.19 bits per heavy atom. The van der Waals surface area contributed by atoms with E-state index in [0.717, 1.165) is 6.54 Å². The van der Waals surface area contributed by atoms with Gasteiger partial charge in [-0.2, -0.15) is 0 Å². The van der Waals surface area contributed by atoms with E-state index >= 15 is 0 Å². The quantitative estimate of drug-likeness (QED) is 0.730. The lowest BCUT2D eigenvalue weighted by atomic mass is 9.84. The number of rotatable bonds is 1. The largest absolute Gasteiger partial charge is 0.333 e. The highest BCUT2D eigenvalue weighted by Crippen LogP contribution is 2.30. The van der Waals surface area contributed by atoms with Crippen LogP contribution in [0.15, 0.2) is 0 Å². The third kappa shape index (κ3) is 2.33. The van der Waals surface area contributed by atoms with Crippen molar-refractivity contribution in [1.29, 1.82) is 0 Å². The Labute approximate surface area is 98.6 Å². The van der Waals surface area contributed by atoms with E-state index in [-0.39, 0.29) is 11.6 Å². The molecule has 0 spiro atoms. The first-order valence-electron chi connectivity index (χ1n) is 6.56. The topological polar surface area (TPSA) is 32.3 Å². The smallest absolute Gasteiger partial charge is 0.318 e. The summed E-state index contributed by atoms with van der Waals surface area (Å²) in [6.07, 6.45) is 6.64. The van der Waals surface area contributed by atoms with Gasteiger partial charge in [-0.1, -0.05) is 19.3 Å². The standard InChI is InChI=1S/C13H24N2O/c1-13(2,3)15-9-11(14-12(15)16)10-7-5-4-6-8-10/h10-11H,4-9H2,1-3H3,(H,14,16). The van der Waals surface area contributed by atoms with Gasteiger partial charge in [0.2, 0.25) is 0 Å². The maximum atomic E-state index is 11.9. The number of carbonyl (C=O) groups excluding carboxylic acids is 1. The van der Waals surface area contributed by atoms with Gasteiger partial charge < -0.3 is 10.2 Å². The Balaban J connectivity index is 1.97. The summed E-state index contributed by atoms with van der Waals surface area (Å²) in [5, 5.41) is 3.17. The second-order valence-corrected chi connectivity index (χ2v) is 6.24. The van der Waals surface area contributed by atoms with Crippen molar-refractivity contribution in [3.63, 3.8) is 0 Å². The molecule has 1 aliphatic carbocycles. The molecule has 1 atom stereocenters. The summed E-state index contributed by atoms with van der Waals surface area (Å²) in [7, 11) is 0. The SMILES string of the molecule is CC(C)(C)N1CC(C2CCCCC2)NC1=O. The monoisotopic (exact) mass is 224 g/mol. The number of hydrogen-bond donors (Lipinski definition) is 1. The summed E-state index contributed by atoms with van der Waals surface area (Å²) >= 11 is 0. The molecular weight excluding hydrogens is 200 g/mol. The van der Waals surface area contributed by atoms with Crippen LogP contribution >= 0.6 is 0 Å². The summed E-state index contributed by atoms with van der Waals surface area (Å²) in [6.45, 7) is 7.22. The van der Waals surface area contributed by atoms with E-state index in [1.165, 1.54) is 32.1 Å². The molecule has 92 valence electrons. The zero-order valence-electron chi connectivity index (χ0n) is 10.8. The first-order valence-corrected chi connectivity index (χ1v) is 6.56. The van der Waals surface area contributed by atoms with Crippen LogP contribution in [0, 0.1) is 5.92 Å². The van der Waals surface area contributed by atoms with Crippen molar-refractivity contribution in [3.05, 3.63) is 0 Å². The fourth-order valence-corrected chi connectivity index (χ4v) is 2.94. The molecular formula is C13H24N2O. The fraction of sp³-hybridized carbons (Fsp3) is 0.923. The van der Waals surface area contributed by atoms with Crippen molar-refractivity contribution < 1.29 is 4.79 Å². The van der Waals surface area contributed by atoms with Crippen molar-refractivity contribution in [2.75, 3.05) is 6.54 Å². The van der Waals surface area contributed by atoms with Gasteiger partial charge in [-0.25, -0.2) is 4.79 Å². The van der Waals surface area contributed by atoms with Crippen LogP contribution in [0.3, 0.4) is 0 Å². The molecule has 0 aromatic carbocycles. The van der Waals surface area contributed by atoms with Gasteiger partial charge in [0.25, 0.3) is 0 Å². The lowest BCUT2D eigenvalue weighted by molar-refractivity contribution is 0.166. The second-order valence-electron chi connectivity index (χ2n) is 6.24. The number of urea groups is 1. The highest BCUT2D eigenvalue weighted by atomic mass is 16.2. The first kappa shape index (κ1) is 11.7. The molecule has 2 fully saturated rings. The molecule has 0 aromatic heterocycles. The van der Waals surface area contributed by atoms with Gasteiger partial charge in [-0.15, -0.1) is 0 Å². The van der Waals surface area contributed by atoms with Crippen LogP contribution in [0.4, 0.5) is 4.79 Å². The van der Waals surface area contributed by atoms with Crippen LogP contribution in [0.25, 0.3) is 0 Å². The predicted octanol–water partition coefficient (Wildman–Crippen LogP) is 2.76. The molecule has 1 saturated carbocycles. The molecule has 1 heterocycles. The summed E-state index contributed by atoms with van der Waals surface area (Å²) in [5.74, 6) is 0.713. The van der Waals surface area contributed by atoms with Crippen molar-refractivity contribution >= 4 is 6.03 Å². The fourth-order valence-electron chi connectivity index (χ4n) is 2.94. The van der Waals surface area contributed by atoms with E-state index in [1.807, 2.05) is 4.90 Å². The summed E-state index contributed by atoms with van der Waals surface area (Å²) in [5.41, 5.74) is -0.0481. The van der Waals surface area contributed by atoms with E-state index in [4.69, 9.17) is 0 Å². The number of hydrogen-bond acceptors (Lipinski definition) is 1. The van der Waals surface area contributed by atoms with Gasteiger partial charge in [0, 0.05) is 12.1 Å². The van der Waals surface area contributed by atoms with E-state index in [0.29, 0.717) is 12.0 Å². The zero-order chi connectivity index (χ0) is 11.8. The number of nitrogens with zero attached hydrogens (tertiary/aromatic N) is 1. The number of amides is 2. The molecule has 3 nitrogen and oxygen atoms in total. The molecule has 2 amide bonds. The summed E-state index contributed by atoms with van der Waals surface area (Å²) in [6, 6.07) is 0.523. The third-order valence-electron chi connectivity index (χ3n) is 3.96. The molecule has 16 heavy (non-hydrogen) atoms. The Kier molecular flexibility index (Phi) is 3.13. The molecule has 0 radical (unpaired) electrons. The lowest BCUT2D eigenvalue weighted by Gasteiger charge is -2.32. The molecule has 1 aliphatic heterocycles. The minimum Gasteiger partial charge on any atom is -0.333 e. The highest BCUT2D eigenvalue weighted by molar-refractivity contribution is 5.77. The number of carbonyl (C=O) groups is 1. The molecule has 0 aromatic rings. The van der Waals surface area contributed by atoms with Crippen molar-refractivity contribution in [3.8, 4) is 0 Å². The van der Waals surface area contributed by atoms with Crippen molar-refractivity contribution in [2.45, 2.75) is 64.5 Å². The highest BCUT2D eigenvalue weighted by Gasteiger charge is 2.39. The van der Waals surface area contributed by atoms with E-state index < -0.39 is 0 Å². The maximum absolute atomic E-state index is 11.9. The Bertz CT molecular complexity index is 264. The average molecular weight is 224 g/mol. The van der Waals surface area contributed by atoms with E-state index in [2.05, 4.69) is 26.1 Å². The van der Waals surface area contributed by atoms with Crippen LogP contribution in [-0.4, -0.2) is 29.1 Å². The Hall–Kier alpha value is -0.730. The van der Waals surface area contributed by atoms with Gasteiger partial charge in [-0.05, 0) is 39.5 Å². The molecule has 1 unspecified atom stereocenters. The van der Waals surface area contributed by atoms with Gasteiger partial charge in [0.05, 0.1) is 6.04 Å². The third-order valence-corrected chi connectivity index (χ3v) is 3.96. The number of nitrogens with one attached hydrogen (secondary N) is 1. The van der Waals surface area contributed by atoms with Crippen LogP contribution in [0.2, 0.25) is 0 Å². The van der Waals surface area contributed by atoms with E-state index in [9.17, 15) is 4.79 Å². The van der Waals surface area contributed by atoms with Crippen LogP contribution in [0.1, 0.15) is 52.9 Å². The van der Waals surface area contributed by atoms with Crippen molar-refractivity contribution in [1.82, 2.24) is 10.2 Å². The Morgan fingerprint density at radius 3 is 2.31 bits per heavy atom. The normalized spacial score (nSPS) is 28.3. The molecule has 3 heteroatoms. The lowest BCUT2D eigenvalue weighted by Crippen LogP contribution is -2.43. The van der Waals surface area contributed by atoms with Gasteiger partial charge in [-0.3, -0.25) is 0 Å². The predicted molar refractivity (Wildman–Crippen MR) is 65.4 cm³/mol. The minimum absolute atomic E-state index is 0.0481. The zero-order valence-corrected chi connectivity index (χ0v) is 10.8. The maximum Gasteiger partial charge on any atom is 0.318 e. The van der Waals surface area contributed by atoms with Gasteiger partial charge in [0.1, 0.15) is 0 Å². The molecule has 1 saturated heterocycles. The first-order chi connectivity index (χ1) is 7.48. The average Bonchev–Trinajstić information content (AvgIpc) is 2.61. The van der Waals surface area contributed by atoms with Gasteiger partial charge >= 0.3 is 6.03 Å². The molecule has 0 bridgehead atoms. The van der Waals surface area contributed by atoms with Gasteiger partial charge in [0.15, 0.2) is 0 Å². The molecule has 1 N–H and O–H groups in total. The Morgan fingerprint density at radius 2 is 1.81 bits per heavy atom. The van der Waals surface area contributed by atoms with Crippen LogP contribution in [-0.2, 0) is 0 Å². The molecule has 2 rings (SSSR count). The second kappa shape index (κ2) is 4.27. The van der Waals surface area contributed by atoms with Crippen LogP contribution < -0.4 is 5.32 Å². The summed E-state index contributed by atoms with van der Waals surface area (Å²) < 4.78 is 0. The summed E-state index contributed by atoms with van der Waals surface area (Å²) in [4.78, 5) is 13.9. The molecule has 2 aliphatic rings. The minimum atomic E-state index is -0.0481.